The molecule has 0 fully saturated rings. The minimum Gasteiger partial charge on any atom is -0.382 e. The second-order valence-corrected chi connectivity index (χ2v) is 5.34. The predicted molar refractivity (Wildman–Crippen MR) is 82.9 cm³/mol. The van der Waals surface area contributed by atoms with Crippen molar-refractivity contribution >= 4 is 11.6 Å². The van der Waals surface area contributed by atoms with E-state index < -0.39 is 0 Å². The first-order valence-corrected chi connectivity index (χ1v) is 7.80. The zero-order valence-electron chi connectivity index (χ0n) is 12.4. The summed E-state index contributed by atoms with van der Waals surface area (Å²) in [5.41, 5.74) is 0.998. The van der Waals surface area contributed by atoms with E-state index in [-0.39, 0.29) is 5.82 Å². The van der Waals surface area contributed by atoms with E-state index >= 15 is 0 Å². The second kappa shape index (κ2) is 10.1. The van der Waals surface area contributed by atoms with Crippen molar-refractivity contribution in [3.05, 3.63) is 34.6 Å². The number of hydrogen-bond donors (Lipinski definition) is 1. The molecular formula is C16H25ClFNO. The molecule has 0 saturated carbocycles. The van der Waals surface area contributed by atoms with Gasteiger partial charge in [0.1, 0.15) is 5.82 Å². The van der Waals surface area contributed by atoms with Crippen LogP contribution in [0.1, 0.15) is 38.7 Å². The Bertz CT molecular complexity index is 387. The summed E-state index contributed by atoms with van der Waals surface area (Å²) >= 11 is 6.10. The molecule has 0 aliphatic rings. The summed E-state index contributed by atoms with van der Waals surface area (Å²) in [6.45, 7) is 6.69. The van der Waals surface area contributed by atoms with Gasteiger partial charge in [-0.25, -0.2) is 4.39 Å². The number of ether oxygens (including phenoxy) is 1. The summed E-state index contributed by atoms with van der Waals surface area (Å²) in [4.78, 5) is 0. The van der Waals surface area contributed by atoms with Gasteiger partial charge in [-0.2, -0.15) is 0 Å². The first kappa shape index (κ1) is 17.4. The SMILES string of the molecule is CCCNC(CCCOCC)Cc1ccc(F)cc1Cl. The number of halogens is 2. The fourth-order valence-electron chi connectivity index (χ4n) is 2.15. The van der Waals surface area contributed by atoms with Gasteiger partial charge in [-0.1, -0.05) is 24.6 Å². The molecule has 1 atom stereocenters. The number of hydrogen-bond acceptors (Lipinski definition) is 2. The molecule has 1 N–H and O–H groups in total. The van der Waals surface area contributed by atoms with Gasteiger partial charge >= 0.3 is 0 Å². The third-order valence-corrected chi connectivity index (χ3v) is 3.56. The van der Waals surface area contributed by atoms with E-state index in [0.29, 0.717) is 11.1 Å². The predicted octanol–water partition coefficient (Wildman–Crippen LogP) is 4.21. The smallest absolute Gasteiger partial charge is 0.124 e. The molecule has 4 heteroatoms. The highest BCUT2D eigenvalue weighted by molar-refractivity contribution is 6.31. The largest absolute Gasteiger partial charge is 0.382 e. The average Bonchev–Trinajstić information content (AvgIpc) is 2.43. The van der Waals surface area contributed by atoms with Crippen LogP contribution >= 0.6 is 11.6 Å². The Morgan fingerprint density at radius 2 is 2.15 bits per heavy atom. The fraction of sp³-hybridized carbons (Fsp3) is 0.625. The van der Waals surface area contributed by atoms with E-state index in [1.54, 1.807) is 6.07 Å². The molecule has 1 unspecified atom stereocenters. The van der Waals surface area contributed by atoms with Crippen molar-refractivity contribution in [2.75, 3.05) is 19.8 Å². The van der Waals surface area contributed by atoms with Crippen LogP contribution in [-0.2, 0) is 11.2 Å². The zero-order chi connectivity index (χ0) is 14.8. The maximum absolute atomic E-state index is 13.1. The van der Waals surface area contributed by atoms with Crippen molar-refractivity contribution in [2.24, 2.45) is 0 Å². The highest BCUT2D eigenvalue weighted by Crippen LogP contribution is 2.20. The van der Waals surface area contributed by atoms with Gasteiger partial charge in [0.25, 0.3) is 0 Å². The van der Waals surface area contributed by atoms with Crippen LogP contribution in [0.4, 0.5) is 4.39 Å². The van der Waals surface area contributed by atoms with Crippen LogP contribution in [0.3, 0.4) is 0 Å². The third kappa shape index (κ3) is 6.69. The fourth-order valence-corrected chi connectivity index (χ4v) is 2.40. The maximum atomic E-state index is 13.1. The Labute approximate surface area is 126 Å². The number of benzene rings is 1. The van der Waals surface area contributed by atoms with Crippen LogP contribution in [-0.4, -0.2) is 25.8 Å². The molecule has 0 spiro atoms. The van der Waals surface area contributed by atoms with Crippen molar-refractivity contribution in [2.45, 2.75) is 45.6 Å². The van der Waals surface area contributed by atoms with Gasteiger partial charge in [0.15, 0.2) is 0 Å². The van der Waals surface area contributed by atoms with Gasteiger partial charge in [0.05, 0.1) is 0 Å². The van der Waals surface area contributed by atoms with Crippen LogP contribution in [0.2, 0.25) is 5.02 Å². The van der Waals surface area contributed by atoms with Gasteiger partial charge in [-0.3, -0.25) is 0 Å². The molecule has 0 aliphatic carbocycles. The third-order valence-electron chi connectivity index (χ3n) is 3.21. The maximum Gasteiger partial charge on any atom is 0.124 e. The monoisotopic (exact) mass is 301 g/mol. The summed E-state index contributed by atoms with van der Waals surface area (Å²) in [6.07, 6.45) is 3.98. The summed E-state index contributed by atoms with van der Waals surface area (Å²) in [5, 5.41) is 4.04. The minimum absolute atomic E-state index is 0.284. The molecule has 0 heterocycles. The molecule has 114 valence electrons. The van der Waals surface area contributed by atoms with E-state index in [4.69, 9.17) is 16.3 Å². The molecule has 0 saturated heterocycles. The van der Waals surface area contributed by atoms with Gasteiger partial charge in [0, 0.05) is 24.3 Å². The van der Waals surface area contributed by atoms with Crippen LogP contribution in [0.5, 0.6) is 0 Å². The summed E-state index contributed by atoms with van der Waals surface area (Å²) in [7, 11) is 0. The van der Waals surface area contributed by atoms with E-state index in [1.807, 2.05) is 6.92 Å². The molecule has 1 aromatic rings. The van der Waals surface area contributed by atoms with Crippen LogP contribution in [0.15, 0.2) is 18.2 Å². The normalized spacial score (nSPS) is 12.6. The molecule has 0 aromatic heterocycles. The second-order valence-electron chi connectivity index (χ2n) is 4.93. The zero-order valence-corrected chi connectivity index (χ0v) is 13.2. The average molecular weight is 302 g/mol. The number of rotatable bonds is 10. The molecule has 0 amide bonds. The molecule has 2 nitrogen and oxygen atoms in total. The summed E-state index contributed by atoms with van der Waals surface area (Å²) in [6, 6.07) is 4.99. The Morgan fingerprint density at radius 1 is 1.35 bits per heavy atom. The van der Waals surface area contributed by atoms with E-state index in [2.05, 4.69) is 12.2 Å². The van der Waals surface area contributed by atoms with Crippen LogP contribution < -0.4 is 5.32 Å². The van der Waals surface area contributed by atoms with Crippen molar-refractivity contribution in [1.82, 2.24) is 5.32 Å². The highest BCUT2D eigenvalue weighted by Gasteiger charge is 2.11. The first-order chi connectivity index (χ1) is 9.67. The number of nitrogens with one attached hydrogen (secondary N) is 1. The highest BCUT2D eigenvalue weighted by atomic mass is 35.5. The Morgan fingerprint density at radius 3 is 2.80 bits per heavy atom. The van der Waals surface area contributed by atoms with Crippen LogP contribution in [0, 0.1) is 5.82 Å². The summed E-state index contributed by atoms with van der Waals surface area (Å²) in [5.74, 6) is -0.284. The molecule has 20 heavy (non-hydrogen) atoms. The minimum atomic E-state index is -0.284. The quantitative estimate of drug-likeness (QED) is 0.654. The van der Waals surface area contributed by atoms with Crippen LogP contribution in [0.25, 0.3) is 0 Å². The standard InChI is InChI=1S/C16H25ClFNO/c1-3-9-19-15(6-5-10-20-4-2)11-13-7-8-14(18)12-16(13)17/h7-8,12,15,19H,3-6,9-11H2,1-2H3. The Kier molecular flexibility index (Phi) is 8.83. The molecule has 1 aromatic carbocycles. The topological polar surface area (TPSA) is 21.3 Å². The van der Waals surface area contributed by atoms with E-state index in [0.717, 1.165) is 51.0 Å². The molecule has 0 bridgehead atoms. The van der Waals surface area contributed by atoms with Crippen molar-refractivity contribution in [3.63, 3.8) is 0 Å². The Hall–Kier alpha value is -0.640. The lowest BCUT2D eigenvalue weighted by atomic mass is 10.0. The molecule has 0 radical (unpaired) electrons. The molecule has 1 rings (SSSR count). The summed E-state index contributed by atoms with van der Waals surface area (Å²) < 4.78 is 18.4. The van der Waals surface area contributed by atoms with Gasteiger partial charge in [-0.15, -0.1) is 0 Å². The Balaban J connectivity index is 2.53. The molecule has 0 aliphatic heterocycles. The van der Waals surface area contributed by atoms with Gasteiger partial charge in [-0.05, 0) is 56.8 Å². The first-order valence-electron chi connectivity index (χ1n) is 7.42. The van der Waals surface area contributed by atoms with Crippen molar-refractivity contribution in [3.8, 4) is 0 Å². The lowest BCUT2D eigenvalue weighted by Gasteiger charge is -2.19. The van der Waals surface area contributed by atoms with Gasteiger partial charge in [0.2, 0.25) is 0 Å². The van der Waals surface area contributed by atoms with Gasteiger partial charge < -0.3 is 10.1 Å². The van der Waals surface area contributed by atoms with Crippen molar-refractivity contribution in [1.29, 1.82) is 0 Å². The lowest BCUT2D eigenvalue weighted by molar-refractivity contribution is 0.140. The van der Waals surface area contributed by atoms with Crippen molar-refractivity contribution < 1.29 is 9.13 Å². The van der Waals surface area contributed by atoms with E-state index in [1.165, 1.54) is 12.1 Å². The lowest BCUT2D eigenvalue weighted by Crippen LogP contribution is -2.32. The van der Waals surface area contributed by atoms with E-state index in [9.17, 15) is 4.39 Å². The molecular weight excluding hydrogens is 277 g/mol.